The van der Waals surface area contributed by atoms with Crippen molar-refractivity contribution in [2.75, 3.05) is 18.5 Å². The summed E-state index contributed by atoms with van der Waals surface area (Å²) in [7, 11) is 0. The van der Waals surface area contributed by atoms with E-state index in [1.54, 1.807) is 19.9 Å². The van der Waals surface area contributed by atoms with Crippen molar-refractivity contribution in [2.45, 2.75) is 50.9 Å². The van der Waals surface area contributed by atoms with Gasteiger partial charge in [0.25, 0.3) is 11.5 Å². The minimum atomic E-state index is -4.72. The van der Waals surface area contributed by atoms with Crippen molar-refractivity contribution in [3.05, 3.63) is 63.8 Å². The number of aromatic nitrogens is 3. The van der Waals surface area contributed by atoms with Crippen LogP contribution in [0.2, 0.25) is 0 Å². The van der Waals surface area contributed by atoms with Gasteiger partial charge < -0.3 is 10.1 Å². The number of pyridine rings is 1. The number of aryl methyl sites for hydroxylation is 1. The number of alkyl halides is 5. The molecule has 1 aliphatic rings. The molecule has 6 nitrogen and oxygen atoms in total. The lowest BCUT2D eigenvalue weighted by atomic mass is 9.97. The Labute approximate surface area is 191 Å². The molecule has 1 unspecified atom stereocenters. The summed E-state index contributed by atoms with van der Waals surface area (Å²) in [4.78, 5) is 21.2. The van der Waals surface area contributed by atoms with Gasteiger partial charge in [-0.15, -0.1) is 0 Å². The van der Waals surface area contributed by atoms with Gasteiger partial charge in [-0.25, -0.2) is 18.7 Å². The van der Waals surface area contributed by atoms with Crippen LogP contribution in [0, 0.1) is 6.92 Å². The lowest BCUT2D eigenvalue weighted by Gasteiger charge is -2.32. The van der Waals surface area contributed by atoms with Crippen molar-refractivity contribution in [2.24, 2.45) is 0 Å². The first-order valence-electron chi connectivity index (χ1n) is 10.6. The zero-order chi connectivity index (χ0) is 24.9. The maximum absolute atomic E-state index is 14.1. The SMILES string of the molecule is Cc1nc(N[C@@H](C)c2cccc(C(C)(F)F)c2)c2cn(C3(C(F)(F)F)CCOC3)c(=O)cc2n1. The number of hydrogen-bond donors (Lipinski definition) is 1. The standard InChI is InChI=1S/C23H23F5N4O2/c1-13(15-5-4-6-16(9-15)21(3,24)25)29-20-17-11-32(19(33)10-18(17)30-14(2)31-20)22(23(26,27)28)7-8-34-12-22/h4-6,9-11,13H,7-8,12H2,1-3H3,(H,29,30,31)/t13-,22?/m0/s1. The lowest BCUT2D eigenvalue weighted by Crippen LogP contribution is -2.52. The summed E-state index contributed by atoms with van der Waals surface area (Å²) in [6, 6.07) is 6.37. The number of halogens is 5. The Bertz CT molecular complexity index is 1280. The van der Waals surface area contributed by atoms with Crippen LogP contribution < -0.4 is 10.9 Å². The van der Waals surface area contributed by atoms with Gasteiger partial charge in [0.05, 0.1) is 17.5 Å². The molecule has 0 aliphatic carbocycles. The van der Waals surface area contributed by atoms with Gasteiger partial charge in [-0.1, -0.05) is 18.2 Å². The Hall–Kier alpha value is -3.08. The maximum Gasteiger partial charge on any atom is 0.414 e. The first kappa shape index (κ1) is 24.1. The molecule has 4 rings (SSSR count). The molecule has 0 spiro atoms. The lowest BCUT2D eigenvalue weighted by molar-refractivity contribution is -0.214. The van der Waals surface area contributed by atoms with Crippen molar-refractivity contribution >= 4 is 16.7 Å². The summed E-state index contributed by atoms with van der Waals surface area (Å²) >= 11 is 0. The van der Waals surface area contributed by atoms with E-state index in [1.807, 2.05) is 0 Å². The normalized spacial score (nSPS) is 20.0. The third-order valence-electron chi connectivity index (χ3n) is 6.08. The molecule has 0 bridgehead atoms. The van der Waals surface area contributed by atoms with Crippen LogP contribution >= 0.6 is 0 Å². The number of anilines is 1. The first-order chi connectivity index (χ1) is 15.8. The minimum Gasteiger partial charge on any atom is -0.379 e. The van der Waals surface area contributed by atoms with Crippen molar-refractivity contribution in [1.82, 2.24) is 14.5 Å². The van der Waals surface area contributed by atoms with Gasteiger partial charge in [-0.3, -0.25) is 9.36 Å². The molecule has 2 atom stereocenters. The van der Waals surface area contributed by atoms with Gasteiger partial charge in [0.15, 0.2) is 5.54 Å². The van der Waals surface area contributed by atoms with E-state index in [0.29, 0.717) is 16.0 Å². The van der Waals surface area contributed by atoms with Crippen LogP contribution in [0.3, 0.4) is 0 Å². The fourth-order valence-corrected chi connectivity index (χ4v) is 4.14. The van der Waals surface area contributed by atoms with E-state index < -0.39 is 42.3 Å². The monoisotopic (exact) mass is 482 g/mol. The summed E-state index contributed by atoms with van der Waals surface area (Å²) in [6.45, 7) is 3.30. The summed E-state index contributed by atoms with van der Waals surface area (Å²) < 4.78 is 75.4. The third-order valence-corrected chi connectivity index (χ3v) is 6.08. The van der Waals surface area contributed by atoms with Crippen LogP contribution in [0.15, 0.2) is 41.3 Å². The van der Waals surface area contributed by atoms with E-state index in [-0.39, 0.29) is 28.9 Å². The van der Waals surface area contributed by atoms with Crippen LogP contribution in [-0.4, -0.2) is 33.9 Å². The Balaban J connectivity index is 1.81. The number of hydrogen-bond acceptors (Lipinski definition) is 5. The van der Waals surface area contributed by atoms with Crippen LogP contribution in [0.5, 0.6) is 0 Å². The molecule has 11 heteroatoms. The molecule has 1 aromatic carbocycles. The van der Waals surface area contributed by atoms with Crippen LogP contribution in [0.25, 0.3) is 10.9 Å². The van der Waals surface area contributed by atoms with E-state index in [9.17, 15) is 26.7 Å². The predicted octanol–water partition coefficient (Wildman–Crippen LogP) is 5.06. The molecular weight excluding hydrogens is 459 g/mol. The molecule has 1 saturated heterocycles. The molecule has 2 aromatic heterocycles. The third kappa shape index (κ3) is 4.24. The fourth-order valence-electron chi connectivity index (χ4n) is 4.14. The number of nitrogens with zero attached hydrogens (tertiary/aromatic N) is 3. The molecule has 0 saturated carbocycles. The van der Waals surface area contributed by atoms with E-state index >= 15 is 0 Å². The minimum absolute atomic E-state index is 0.130. The maximum atomic E-state index is 14.1. The first-order valence-corrected chi connectivity index (χ1v) is 10.6. The zero-order valence-electron chi connectivity index (χ0n) is 18.7. The number of nitrogens with one attached hydrogen (secondary N) is 1. The second-order valence-corrected chi connectivity index (χ2v) is 8.61. The number of benzene rings is 1. The zero-order valence-corrected chi connectivity index (χ0v) is 18.7. The summed E-state index contributed by atoms with van der Waals surface area (Å²) in [5, 5.41) is 3.28. The summed E-state index contributed by atoms with van der Waals surface area (Å²) in [6.07, 6.45) is -4.02. The largest absolute Gasteiger partial charge is 0.414 e. The summed E-state index contributed by atoms with van der Waals surface area (Å²) in [5.41, 5.74) is -2.80. The second-order valence-electron chi connectivity index (χ2n) is 8.61. The van der Waals surface area contributed by atoms with Gasteiger partial charge in [-0.05, 0) is 25.5 Å². The highest BCUT2D eigenvalue weighted by molar-refractivity contribution is 5.88. The van der Waals surface area contributed by atoms with Crippen LogP contribution in [0.4, 0.5) is 27.8 Å². The average Bonchev–Trinajstić information content (AvgIpc) is 3.24. The molecule has 1 N–H and O–H groups in total. The van der Waals surface area contributed by atoms with Crippen LogP contribution in [-0.2, 0) is 16.2 Å². The highest BCUT2D eigenvalue weighted by Gasteiger charge is 2.59. The quantitative estimate of drug-likeness (QED) is 0.515. The van der Waals surface area contributed by atoms with Gasteiger partial charge in [0.1, 0.15) is 11.6 Å². The van der Waals surface area contributed by atoms with Crippen molar-refractivity contribution in [3.63, 3.8) is 0 Å². The van der Waals surface area contributed by atoms with Crippen molar-refractivity contribution < 1.29 is 26.7 Å². The van der Waals surface area contributed by atoms with Gasteiger partial charge >= 0.3 is 6.18 Å². The highest BCUT2D eigenvalue weighted by Crippen LogP contribution is 2.43. The predicted molar refractivity (Wildman–Crippen MR) is 116 cm³/mol. The van der Waals surface area contributed by atoms with Crippen molar-refractivity contribution in [3.8, 4) is 0 Å². The molecule has 3 aromatic rings. The number of ether oxygens (including phenoxy) is 1. The molecule has 34 heavy (non-hydrogen) atoms. The van der Waals surface area contributed by atoms with E-state index in [1.165, 1.54) is 18.2 Å². The molecule has 1 fully saturated rings. The van der Waals surface area contributed by atoms with Crippen molar-refractivity contribution in [1.29, 1.82) is 0 Å². The molecule has 182 valence electrons. The summed E-state index contributed by atoms with van der Waals surface area (Å²) in [5.74, 6) is -2.55. The van der Waals surface area contributed by atoms with Gasteiger partial charge in [0, 0.05) is 43.8 Å². The Morgan fingerprint density at radius 2 is 1.91 bits per heavy atom. The molecule has 1 aliphatic heterocycles. The van der Waals surface area contributed by atoms with E-state index in [2.05, 4.69) is 15.3 Å². The fraction of sp³-hybridized carbons (Fsp3) is 0.435. The Morgan fingerprint density at radius 1 is 1.18 bits per heavy atom. The Kier molecular flexibility index (Phi) is 5.87. The highest BCUT2D eigenvalue weighted by atomic mass is 19.4. The number of rotatable bonds is 5. The van der Waals surface area contributed by atoms with Crippen LogP contribution in [0.1, 0.15) is 43.3 Å². The van der Waals surface area contributed by atoms with Gasteiger partial charge in [0.2, 0.25) is 0 Å². The second kappa shape index (κ2) is 8.30. The Morgan fingerprint density at radius 3 is 2.53 bits per heavy atom. The topological polar surface area (TPSA) is 69.0 Å². The van der Waals surface area contributed by atoms with Gasteiger partial charge in [-0.2, -0.15) is 13.2 Å². The number of fused-ring (bicyclic) bond motifs is 1. The van der Waals surface area contributed by atoms with E-state index in [0.717, 1.165) is 19.2 Å². The molecule has 0 radical (unpaired) electrons. The average molecular weight is 482 g/mol. The smallest absolute Gasteiger partial charge is 0.379 e. The molecule has 0 amide bonds. The van der Waals surface area contributed by atoms with E-state index in [4.69, 9.17) is 4.74 Å². The molecular formula is C23H23F5N4O2. The molecule has 3 heterocycles.